The summed E-state index contributed by atoms with van der Waals surface area (Å²) >= 11 is 8.09. The molecule has 2 aliphatic heterocycles. The highest BCUT2D eigenvalue weighted by atomic mass is 35.5. The Kier molecular flexibility index (Phi) is 5.15. The lowest BCUT2D eigenvalue weighted by atomic mass is 9.72. The molecule has 3 N–H and O–H groups in total. The molecule has 1 saturated heterocycles. The number of aliphatic imine (C=N–C) groups is 1. The standard InChI is InChI=1S/C21H22ClN3OS/c22-15-4-1-3-14(11-15)13-24-20-21(7-9-27-10-8-21)12-17-16(19(23)26)5-2-6-18(17)25-20/h1-6,11H,7-10,12-13H2,(H2,23,26)(H,24,25). The van der Waals surface area contributed by atoms with Crippen LogP contribution in [0.1, 0.15) is 34.3 Å². The number of nitrogens with zero attached hydrogens (tertiary/aromatic N) is 1. The van der Waals surface area contributed by atoms with Crippen LogP contribution in [-0.2, 0) is 13.0 Å². The second-order valence-electron chi connectivity index (χ2n) is 7.19. The zero-order valence-corrected chi connectivity index (χ0v) is 16.6. The summed E-state index contributed by atoms with van der Waals surface area (Å²) in [6, 6.07) is 13.5. The number of rotatable bonds is 3. The number of carbonyl (C=O) groups excluding carboxylic acids is 1. The molecule has 1 fully saturated rings. The molecule has 0 aliphatic carbocycles. The van der Waals surface area contributed by atoms with E-state index in [2.05, 4.69) is 5.32 Å². The van der Waals surface area contributed by atoms with Crippen molar-refractivity contribution in [1.82, 2.24) is 0 Å². The third kappa shape index (κ3) is 3.71. The van der Waals surface area contributed by atoms with E-state index in [4.69, 9.17) is 22.3 Å². The van der Waals surface area contributed by atoms with E-state index in [1.165, 1.54) is 0 Å². The van der Waals surface area contributed by atoms with Gasteiger partial charge in [0.2, 0.25) is 5.91 Å². The van der Waals surface area contributed by atoms with Gasteiger partial charge in [-0.2, -0.15) is 11.8 Å². The van der Waals surface area contributed by atoms with Crippen molar-refractivity contribution in [3.05, 3.63) is 64.2 Å². The van der Waals surface area contributed by atoms with Crippen LogP contribution in [0.4, 0.5) is 5.69 Å². The molecule has 4 nitrogen and oxygen atoms in total. The predicted molar refractivity (Wildman–Crippen MR) is 114 cm³/mol. The summed E-state index contributed by atoms with van der Waals surface area (Å²) in [5, 5.41) is 4.26. The molecule has 1 amide bonds. The van der Waals surface area contributed by atoms with Gasteiger partial charge in [-0.3, -0.25) is 9.79 Å². The number of anilines is 1. The molecular weight excluding hydrogens is 378 g/mol. The SMILES string of the molecule is NC(=O)c1cccc2c1CC1(CCSCC1)C(=NCc1cccc(Cl)c1)N2. The lowest BCUT2D eigenvalue weighted by Gasteiger charge is -2.43. The van der Waals surface area contributed by atoms with Crippen LogP contribution in [0, 0.1) is 5.41 Å². The highest BCUT2D eigenvalue weighted by Gasteiger charge is 2.42. The van der Waals surface area contributed by atoms with Gasteiger partial charge in [-0.25, -0.2) is 0 Å². The summed E-state index contributed by atoms with van der Waals surface area (Å²) in [6.45, 7) is 0.586. The first-order valence-corrected chi connectivity index (χ1v) is 10.7. The van der Waals surface area contributed by atoms with Crippen molar-refractivity contribution >= 4 is 40.8 Å². The number of thioether (sulfide) groups is 1. The molecule has 2 aromatic rings. The van der Waals surface area contributed by atoms with Crippen LogP contribution in [0.3, 0.4) is 0 Å². The molecule has 2 aliphatic rings. The smallest absolute Gasteiger partial charge is 0.249 e. The van der Waals surface area contributed by atoms with Crippen LogP contribution >= 0.6 is 23.4 Å². The number of halogens is 1. The van der Waals surface area contributed by atoms with Gasteiger partial charge in [0.1, 0.15) is 5.84 Å². The Morgan fingerprint density at radius 1 is 1.22 bits per heavy atom. The number of amides is 1. The fourth-order valence-corrected chi connectivity index (χ4v) is 5.48. The molecule has 0 aromatic heterocycles. The number of carbonyl (C=O) groups is 1. The zero-order valence-electron chi connectivity index (χ0n) is 15.0. The van der Waals surface area contributed by atoms with Crippen LogP contribution in [0.25, 0.3) is 0 Å². The second-order valence-corrected chi connectivity index (χ2v) is 8.85. The molecule has 0 saturated carbocycles. The molecule has 6 heteroatoms. The van der Waals surface area contributed by atoms with E-state index in [-0.39, 0.29) is 11.3 Å². The van der Waals surface area contributed by atoms with E-state index < -0.39 is 0 Å². The summed E-state index contributed by atoms with van der Waals surface area (Å²) in [6.07, 6.45) is 2.90. The summed E-state index contributed by atoms with van der Waals surface area (Å²) in [4.78, 5) is 16.9. The number of amidine groups is 1. The van der Waals surface area contributed by atoms with Crippen LogP contribution in [-0.4, -0.2) is 23.2 Å². The van der Waals surface area contributed by atoms with Gasteiger partial charge in [-0.1, -0.05) is 29.8 Å². The van der Waals surface area contributed by atoms with Crippen molar-refractivity contribution < 1.29 is 4.79 Å². The molecule has 0 bridgehead atoms. The Bertz CT molecular complexity index is 906. The van der Waals surface area contributed by atoms with Crippen molar-refractivity contribution in [2.75, 3.05) is 16.8 Å². The zero-order chi connectivity index (χ0) is 18.9. The van der Waals surface area contributed by atoms with Gasteiger partial charge < -0.3 is 11.1 Å². The van der Waals surface area contributed by atoms with Crippen LogP contribution in [0.2, 0.25) is 5.02 Å². The fourth-order valence-electron chi connectivity index (χ4n) is 4.00. The van der Waals surface area contributed by atoms with Crippen molar-refractivity contribution in [3.8, 4) is 0 Å². The van der Waals surface area contributed by atoms with Gasteiger partial charge in [0.05, 0.1) is 6.54 Å². The maximum atomic E-state index is 11.9. The van der Waals surface area contributed by atoms with Crippen LogP contribution in [0.15, 0.2) is 47.5 Å². The number of hydrogen-bond acceptors (Lipinski definition) is 3. The summed E-state index contributed by atoms with van der Waals surface area (Å²) in [5.74, 6) is 2.86. The van der Waals surface area contributed by atoms with Crippen LogP contribution < -0.4 is 11.1 Å². The van der Waals surface area contributed by atoms with Crippen molar-refractivity contribution in [2.24, 2.45) is 16.1 Å². The first kappa shape index (κ1) is 18.4. The van der Waals surface area contributed by atoms with Gasteiger partial charge in [0.25, 0.3) is 0 Å². The van der Waals surface area contributed by atoms with Crippen molar-refractivity contribution in [1.29, 1.82) is 0 Å². The van der Waals surface area contributed by atoms with Crippen molar-refractivity contribution in [2.45, 2.75) is 25.8 Å². The maximum Gasteiger partial charge on any atom is 0.249 e. The molecule has 2 heterocycles. The number of fused-ring (bicyclic) bond motifs is 1. The summed E-state index contributed by atoms with van der Waals surface area (Å²) in [5.41, 5.74) is 9.25. The number of primary amides is 1. The normalized spacial score (nSPS) is 19.5. The monoisotopic (exact) mass is 399 g/mol. The van der Waals surface area contributed by atoms with Gasteiger partial charge >= 0.3 is 0 Å². The molecule has 0 atom stereocenters. The number of hydrogen-bond donors (Lipinski definition) is 2. The number of nitrogens with one attached hydrogen (secondary N) is 1. The molecular formula is C21H22ClN3OS. The Labute approximate surface area is 168 Å². The minimum Gasteiger partial charge on any atom is -0.366 e. The highest BCUT2D eigenvalue weighted by Crippen LogP contribution is 2.45. The molecule has 0 radical (unpaired) electrons. The molecule has 4 rings (SSSR count). The summed E-state index contributed by atoms with van der Waals surface area (Å²) in [7, 11) is 0. The molecule has 1 spiro atoms. The van der Waals surface area contributed by atoms with Gasteiger partial charge in [-0.15, -0.1) is 0 Å². The minimum absolute atomic E-state index is 0.0532. The Hall–Kier alpha value is -1.98. The molecule has 27 heavy (non-hydrogen) atoms. The number of nitrogens with two attached hydrogens (primary N) is 1. The highest BCUT2D eigenvalue weighted by molar-refractivity contribution is 7.99. The minimum atomic E-state index is -0.367. The van der Waals surface area contributed by atoms with E-state index in [9.17, 15) is 4.79 Å². The quantitative estimate of drug-likeness (QED) is 0.797. The lowest BCUT2D eigenvalue weighted by Crippen LogP contribution is -2.45. The maximum absolute atomic E-state index is 11.9. The predicted octanol–water partition coefficient (Wildman–Crippen LogP) is 4.52. The van der Waals surface area contributed by atoms with E-state index in [1.54, 1.807) is 0 Å². The van der Waals surface area contributed by atoms with E-state index in [1.807, 2.05) is 54.2 Å². The first-order valence-electron chi connectivity index (χ1n) is 9.13. The van der Waals surface area contributed by atoms with E-state index >= 15 is 0 Å². The van der Waals surface area contributed by atoms with Crippen molar-refractivity contribution in [3.63, 3.8) is 0 Å². The third-order valence-corrected chi connectivity index (χ3v) is 6.69. The average Bonchev–Trinajstić information content (AvgIpc) is 2.66. The average molecular weight is 400 g/mol. The largest absolute Gasteiger partial charge is 0.366 e. The van der Waals surface area contributed by atoms with Gasteiger partial charge in [-0.05, 0) is 66.2 Å². The molecule has 2 aromatic carbocycles. The topological polar surface area (TPSA) is 67.5 Å². The van der Waals surface area contributed by atoms with Gasteiger partial charge in [0, 0.05) is 21.7 Å². The third-order valence-electron chi connectivity index (χ3n) is 5.47. The Morgan fingerprint density at radius 3 is 2.74 bits per heavy atom. The van der Waals surface area contributed by atoms with Gasteiger partial charge in [0.15, 0.2) is 0 Å². The fraction of sp³-hybridized carbons (Fsp3) is 0.333. The van der Waals surface area contributed by atoms with E-state index in [0.29, 0.717) is 12.1 Å². The molecule has 140 valence electrons. The first-order chi connectivity index (χ1) is 13.1. The molecule has 0 unspecified atom stereocenters. The Balaban J connectivity index is 1.72. The number of benzene rings is 2. The van der Waals surface area contributed by atoms with Crippen LogP contribution in [0.5, 0.6) is 0 Å². The second kappa shape index (κ2) is 7.56. The van der Waals surface area contributed by atoms with E-state index in [0.717, 1.165) is 58.4 Å². The lowest BCUT2D eigenvalue weighted by molar-refractivity contribution is 0.0999. The summed E-state index contributed by atoms with van der Waals surface area (Å²) < 4.78 is 0. The Morgan fingerprint density at radius 2 is 2.00 bits per heavy atom.